The van der Waals surface area contributed by atoms with Gasteiger partial charge < -0.3 is 29.7 Å². The fraction of sp³-hybridized carbons (Fsp3) is 0.542. The average Bonchev–Trinajstić information content (AvgIpc) is 2.78. The van der Waals surface area contributed by atoms with Crippen molar-refractivity contribution in [2.45, 2.75) is 39.3 Å². The van der Waals surface area contributed by atoms with Crippen LogP contribution in [0, 0.1) is 0 Å². The Morgan fingerprint density at radius 3 is 2.29 bits per heavy atom. The second-order valence-corrected chi connectivity index (χ2v) is 9.16. The Bertz CT molecular complexity index is 930. The largest absolute Gasteiger partial charge is 0.497 e. The number of hydrogen-bond donors (Lipinski definition) is 2. The van der Waals surface area contributed by atoms with E-state index in [0.717, 1.165) is 5.56 Å². The summed E-state index contributed by atoms with van der Waals surface area (Å²) < 4.78 is 16.0. The third-order valence-electron chi connectivity index (χ3n) is 5.50. The Kier molecular flexibility index (Phi) is 8.03. The fourth-order valence-corrected chi connectivity index (χ4v) is 3.88. The van der Waals surface area contributed by atoms with Gasteiger partial charge in [0.1, 0.15) is 11.4 Å². The van der Waals surface area contributed by atoms with Gasteiger partial charge in [-0.1, -0.05) is 12.1 Å². The van der Waals surface area contributed by atoms with Crippen LogP contribution in [0.5, 0.6) is 5.75 Å². The van der Waals surface area contributed by atoms with Gasteiger partial charge in [0.2, 0.25) is 0 Å². The van der Waals surface area contributed by atoms with Gasteiger partial charge in [0.25, 0.3) is 0 Å². The van der Waals surface area contributed by atoms with Gasteiger partial charge in [-0.25, -0.2) is 14.4 Å². The molecule has 0 saturated carbocycles. The number of carbonyl (C=O) groups is 3. The Morgan fingerprint density at radius 2 is 1.74 bits per heavy atom. The summed E-state index contributed by atoms with van der Waals surface area (Å²) in [4.78, 5) is 41.6. The van der Waals surface area contributed by atoms with E-state index >= 15 is 0 Å². The molecule has 0 bridgehead atoms. The van der Waals surface area contributed by atoms with E-state index in [1.165, 1.54) is 0 Å². The molecule has 10 heteroatoms. The van der Waals surface area contributed by atoms with E-state index in [-0.39, 0.29) is 12.7 Å². The molecule has 2 aliphatic rings. The summed E-state index contributed by atoms with van der Waals surface area (Å²) in [5.41, 5.74) is 1.05. The normalized spacial score (nSPS) is 19.3. The molecule has 1 fully saturated rings. The van der Waals surface area contributed by atoms with E-state index in [1.807, 2.05) is 32.9 Å². The van der Waals surface area contributed by atoms with Crippen molar-refractivity contribution in [3.63, 3.8) is 0 Å². The zero-order valence-corrected chi connectivity index (χ0v) is 20.5. The third kappa shape index (κ3) is 6.40. The Balaban J connectivity index is 1.79. The Hall–Kier alpha value is -3.27. The van der Waals surface area contributed by atoms with E-state index in [1.54, 1.807) is 31.1 Å². The molecule has 1 saturated heterocycles. The monoisotopic (exact) mass is 474 g/mol. The topological polar surface area (TPSA) is 109 Å². The molecule has 0 aromatic heterocycles. The Labute approximate surface area is 200 Å². The van der Waals surface area contributed by atoms with Crippen molar-refractivity contribution >= 4 is 18.1 Å². The number of ether oxygens (including phenoxy) is 3. The lowest BCUT2D eigenvalue weighted by molar-refractivity contribution is -0.139. The molecule has 2 heterocycles. The number of rotatable bonds is 6. The van der Waals surface area contributed by atoms with Crippen molar-refractivity contribution in [3.05, 3.63) is 41.1 Å². The number of hydrogen-bond acceptors (Lipinski definition) is 7. The summed E-state index contributed by atoms with van der Waals surface area (Å²) in [6.45, 7) is 9.95. The molecule has 10 nitrogen and oxygen atoms in total. The van der Waals surface area contributed by atoms with Crippen LogP contribution in [0.1, 0.15) is 39.3 Å². The lowest BCUT2D eigenvalue weighted by Crippen LogP contribution is -2.53. The van der Waals surface area contributed by atoms with E-state index in [0.29, 0.717) is 49.7 Å². The smallest absolute Gasteiger partial charge is 0.410 e. The lowest BCUT2D eigenvalue weighted by atomic mass is 9.94. The predicted octanol–water partition coefficient (Wildman–Crippen LogP) is 2.42. The van der Waals surface area contributed by atoms with Gasteiger partial charge in [0.15, 0.2) is 0 Å². The number of carbonyl (C=O) groups excluding carboxylic acids is 3. The van der Waals surface area contributed by atoms with Crippen LogP contribution >= 0.6 is 0 Å². The number of benzene rings is 1. The van der Waals surface area contributed by atoms with E-state index in [9.17, 15) is 14.4 Å². The van der Waals surface area contributed by atoms with E-state index < -0.39 is 23.6 Å². The first-order chi connectivity index (χ1) is 16.1. The molecule has 1 aromatic carbocycles. The molecule has 2 N–H and O–H groups in total. The van der Waals surface area contributed by atoms with Crippen LogP contribution in [0.4, 0.5) is 9.59 Å². The summed E-state index contributed by atoms with van der Waals surface area (Å²) >= 11 is 0. The molecular formula is C24H34N4O6. The summed E-state index contributed by atoms with van der Waals surface area (Å²) in [5, 5.41) is 5.63. The zero-order valence-electron chi connectivity index (χ0n) is 20.5. The van der Waals surface area contributed by atoms with Gasteiger partial charge >= 0.3 is 18.1 Å². The second-order valence-electron chi connectivity index (χ2n) is 9.16. The van der Waals surface area contributed by atoms with Gasteiger partial charge in [-0.15, -0.1) is 0 Å². The highest BCUT2D eigenvalue weighted by molar-refractivity contribution is 5.95. The van der Waals surface area contributed by atoms with Crippen LogP contribution in [-0.2, 0) is 14.3 Å². The third-order valence-corrected chi connectivity index (χ3v) is 5.50. The molecule has 0 aliphatic carbocycles. The molecule has 186 valence electrons. The number of methoxy groups -OCH3 is 1. The van der Waals surface area contributed by atoms with Gasteiger partial charge in [0.05, 0.1) is 25.3 Å². The number of nitrogens with zero attached hydrogens (tertiary/aromatic N) is 2. The summed E-state index contributed by atoms with van der Waals surface area (Å²) in [7, 11) is 1.58. The van der Waals surface area contributed by atoms with Crippen LogP contribution < -0.4 is 15.4 Å². The molecule has 34 heavy (non-hydrogen) atoms. The highest BCUT2D eigenvalue weighted by Crippen LogP contribution is 2.29. The van der Waals surface area contributed by atoms with Crippen LogP contribution in [0.15, 0.2) is 35.5 Å². The molecule has 1 aromatic rings. The minimum atomic E-state index is -0.656. The first-order valence-corrected chi connectivity index (χ1v) is 11.4. The highest BCUT2D eigenvalue weighted by Gasteiger charge is 2.35. The zero-order chi connectivity index (χ0) is 24.9. The SMILES string of the molecule is CCOC(=O)C1=C(CN2CCN(C(=O)OC(C)(C)C)CC2)NC(=O)N[C@H]1c1ccc(OC)cc1. The highest BCUT2D eigenvalue weighted by atomic mass is 16.6. The van der Waals surface area contributed by atoms with Crippen molar-refractivity contribution < 1.29 is 28.6 Å². The standard InChI is InChI=1S/C24H34N4O6/c1-6-33-21(29)19-18(15-27-11-13-28(14-12-27)23(31)34-24(2,3)4)25-22(30)26-20(19)16-7-9-17(32-5)10-8-16/h7-10,20H,6,11-15H2,1-5H3,(H2,25,26,30)/t20-/m0/s1. The van der Waals surface area contributed by atoms with Crippen LogP contribution in [-0.4, -0.2) is 79.9 Å². The van der Waals surface area contributed by atoms with E-state index in [2.05, 4.69) is 15.5 Å². The number of piperazine rings is 1. The maximum absolute atomic E-state index is 13.0. The van der Waals surface area contributed by atoms with E-state index in [4.69, 9.17) is 14.2 Å². The van der Waals surface area contributed by atoms with Crippen LogP contribution in [0.2, 0.25) is 0 Å². The molecule has 0 spiro atoms. The first-order valence-electron chi connectivity index (χ1n) is 11.4. The maximum Gasteiger partial charge on any atom is 0.410 e. The van der Waals surface area contributed by atoms with Gasteiger partial charge in [-0.3, -0.25) is 4.90 Å². The summed E-state index contributed by atoms with van der Waals surface area (Å²) in [5.74, 6) is 0.187. The molecule has 3 rings (SSSR count). The molecular weight excluding hydrogens is 440 g/mol. The fourth-order valence-electron chi connectivity index (χ4n) is 3.88. The quantitative estimate of drug-likeness (QED) is 0.610. The Morgan fingerprint density at radius 1 is 1.09 bits per heavy atom. The second kappa shape index (κ2) is 10.8. The number of amides is 3. The van der Waals surface area contributed by atoms with Crippen LogP contribution in [0.3, 0.4) is 0 Å². The maximum atomic E-state index is 13.0. The molecule has 3 amide bonds. The predicted molar refractivity (Wildman–Crippen MR) is 125 cm³/mol. The van der Waals surface area contributed by atoms with Crippen LogP contribution in [0.25, 0.3) is 0 Å². The summed E-state index contributed by atoms with van der Waals surface area (Å²) in [6, 6.07) is 6.13. The van der Waals surface area contributed by atoms with Gasteiger partial charge in [-0.2, -0.15) is 0 Å². The number of esters is 1. The average molecular weight is 475 g/mol. The minimum Gasteiger partial charge on any atom is -0.497 e. The first kappa shape index (κ1) is 25.4. The molecule has 1 atom stereocenters. The molecule has 0 unspecified atom stereocenters. The van der Waals surface area contributed by atoms with Crippen molar-refractivity contribution in [1.29, 1.82) is 0 Å². The van der Waals surface area contributed by atoms with Crippen molar-refractivity contribution in [2.75, 3.05) is 46.4 Å². The van der Waals surface area contributed by atoms with Gasteiger partial charge in [0, 0.05) is 38.4 Å². The lowest BCUT2D eigenvalue weighted by Gasteiger charge is -2.37. The minimum absolute atomic E-state index is 0.216. The van der Waals surface area contributed by atoms with Crippen molar-refractivity contribution in [3.8, 4) is 5.75 Å². The van der Waals surface area contributed by atoms with Crippen molar-refractivity contribution in [2.24, 2.45) is 0 Å². The van der Waals surface area contributed by atoms with Crippen molar-refractivity contribution in [1.82, 2.24) is 20.4 Å². The molecule has 0 radical (unpaired) electrons. The number of urea groups is 1. The van der Waals surface area contributed by atoms with Gasteiger partial charge in [-0.05, 0) is 45.4 Å². The number of nitrogens with one attached hydrogen (secondary N) is 2. The summed E-state index contributed by atoms with van der Waals surface area (Å²) in [6.07, 6.45) is -0.340. The molecule has 2 aliphatic heterocycles.